The van der Waals surface area contributed by atoms with Crippen molar-refractivity contribution in [1.29, 1.82) is 0 Å². The molecule has 0 saturated heterocycles. The molecule has 1 rings (SSSR count). The summed E-state index contributed by atoms with van der Waals surface area (Å²) >= 11 is 0. The molecule has 0 fully saturated rings. The van der Waals surface area contributed by atoms with E-state index in [9.17, 15) is 10.2 Å². The molecule has 0 radical (unpaired) electrons. The fourth-order valence-electron chi connectivity index (χ4n) is 1.68. The van der Waals surface area contributed by atoms with Gasteiger partial charge in [0.2, 0.25) is 0 Å². The summed E-state index contributed by atoms with van der Waals surface area (Å²) in [4.78, 5) is 0. The average Bonchev–Trinajstić information content (AvgIpc) is 2.35. The molecule has 0 aromatic heterocycles. The number of benzene rings is 1. The lowest BCUT2D eigenvalue weighted by Crippen LogP contribution is -2.23. The van der Waals surface area contributed by atoms with Gasteiger partial charge in [-0.3, -0.25) is 0 Å². The van der Waals surface area contributed by atoms with Gasteiger partial charge in [-0.1, -0.05) is 26.0 Å². The summed E-state index contributed by atoms with van der Waals surface area (Å²) in [6, 6.07) is 5.42. The summed E-state index contributed by atoms with van der Waals surface area (Å²) in [6.45, 7) is 5.28. The molecule has 0 bridgehead atoms. The molecule has 1 aromatic rings. The molecule has 0 saturated carbocycles. The summed E-state index contributed by atoms with van der Waals surface area (Å²) in [6.07, 6.45) is 0.430. The van der Waals surface area contributed by atoms with Crippen LogP contribution in [0.2, 0.25) is 0 Å². The van der Waals surface area contributed by atoms with Crippen LogP contribution in [0.25, 0.3) is 0 Å². The highest BCUT2D eigenvalue weighted by Gasteiger charge is 2.09. The Morgan fingerprint density at radius 3 is 2.67 bits per heavy atom. The van der Waals surface area contributed by atoms with Gasteiger partial charge in [0.1, 0.15) is 0 Å². The number of ether oxygens (including phenoxy) is 1. The molecular formula is C14H23NO3. The third-order valence-electron chi connectivity index (χ3n) is 3.00. The standard InChI is InChI=1S/C14H23NO3/c1-10(2)12(16)7-8-15-9-11-5-4-6-13(18-3)14(11)17/h4-6,10,12,15-17H,7-9H2,1-3H3. The van der Waals surface area contributed by atoms with Crippen molar-refractivity contribution in [3.8, 4) is 11.5 Å². The molecule has 4 nitrogen and oxygen atoms in total. The highest BCUT2D eigenvalue weighted by atomic mass is 16.5. The van der Waals surface area contributed by atoms with Gasteiger partial charge in [-0.25, -0.2) is 0 Å². The number of phenolic OH excluding ortho intramolecular Hbond substituents is 1. The number of aliphatic hydroxyl groups excluding tert-OH is 1. The van der Waals surface area contributed by atoms with Crippen molar-refractivity contribution >= 4 is 0 Å². The van der Waals surface area contributed by atoms with E-state index in [1.165, 1.54) is 7.11 Å². The zero-order valence-electron chi connectivity index (χ0n) is 11.3. The molecule has 3 N–H and O–H groups in total. The van der Waals surface area contributed by atoms with Gasteiger partial charge in [0.25, 0.3) is 0 Å². The molecule has 1 atom stereocenters. The molecule has 0 amide bonds. The normalized spacial score (nSPS) is 12.7. The first kappa shape index (κ1) is 14.8. The monoisotopic (exact) mass is 253 g/mol. The number of nitrogens with one attached hydrogen (secondary N) is 1. The van der Waals surface area contributed by atoms with E-state index in [4.69, 9.17) is 4.74 Å². The van der Waals surface area contributed by atoms with Crippen molar-refractivity contribution in [3.63, 3.8) is 0 Å². The van der Waals surface area contributed by atoms with Crippen molar-refractivity contribution < 1.29 is 14.9 Å². The Morgan fingerprint density at radius 1 is 1.33 bits per heavy atom. The van der Waals surface area contributed by atoms with Crippen molar-refractivity contribution in [2.75, 3.05) is 13.7 Å². The molecule has 18 heavy (non-hydrogen) atoms. The predicted octanol–water partition coefficient (Wildman–Crippen LogP) is 1.90. The van der Waals surface area contributed by atoms with Crippen LogP contribution >= 0.6 is 0 Å². The van der Waals surface area contributed by atoms with Gasteiger partial charge in [-0.05, 0) is 24.9 Å². The van der Waals surface area contributed by atoms with Crippen molar-refractivity contribution in [1.82, 2.24) is 5.32 Å². The second kappa shape index (κ2) is 7.24. The van der Waals surface area contributed by atoms with E-state index >= 15 is 0 Å². The fraction of sp³-hybridized carbons (Fsp3) is 0.571. The smallest absolute Gasteiger partial charge is 0.162 e. The molecule has 0 heterocycles. The lowest BCUT2D eigenvalue weighted by molar-refractivity contribution is 0.116. The zero-order valence-corrected chi connectivity index (χ0v) is 11.3. The van der Waals surface area contributed by atoms with E-state index in [-0.39, 0.29) is 17.8 Å². The number of aliphatic hydroxyl groups is 1. The molecule has 1 unspecified atom stereocenters. The Morgan fingerprint density at radius 2 is 2.06 bits per heavy atom. The number of aromatic hydroxyl groups is 1. The highest BCUT2D eigenvalue weighted by Crippen LogP contribution is 2.29. The van der Waals surface area contributed by atoms with Crippen LogP contribution in [0.15, 0.2) is 18.2 Å². The van der Waals surface area contributed by atoms with E-state index in [2.05, 4.69) is 5.32 Å². The number of methoxy groups -OCH3 is 1. The summed E-state index contributed by atoms with van der Waals surface area (Å²) in [7, 11) is 1.53. The van der Waals surface area contributed by atoms with Gasteiger partial charge in [-0.2, -0.15) is 0 Å². The van der Waals surface area contributed by atoms with Crippen LogP contribution in [0, 0.1) is 5.92 Å². The number of para-hydroxylation sites is 1. The Bertz CT molecular complexity index is 366. The summed E-state index contributed by atoms with van der Waals surface area (Å²) < 4.78 is 5.04. The first-order valence-electron chi connectivity index (χ1n) is 6.30. The van der Waals surface area contributed by atoms with Gasteiger partial charge in [0, 0.05) is 12.1 Å². The number of hydrogen-bond donors (Lipinski definition) is 3. The maximum atomic E-state index is 9.87. The largest absolute Gasteiger partial charge is 0.504 e. The molecule has 0 aliphatic heterocycles. The number of rotatable bonds is 7. The van der Waals surface area contributed by atoms with Crippen LogP contribution in [-0.4, -0.2) is 30.0 Å². The molecular weight excluding hydrogens is 230 g/mol. The maximum Gasteiger partial charge on any atom is 0.162 e. The third kappa shape index (κ3) is 4.20. The Labute approximate surface area is 109 Å². The van der Waals surface area contributed by atoms with Crippen LogP contribution in [-0.2, 0) is 6.54 Å². The van der Waals surface area contributed by atoms with Crippen LogP contribution in [0.4, 0.5) is 0 Å². The minimum Gasteiger partial charge on any atom is -0.504 e. The lowest BCUT2D eigenvalue weighted by atomic mass is 10.0. The number of hydrogen-bond acceptors (Lipinski definition) is 4. The second-order valence-corrected chi connectivity index (χ2v) is 4.74. The Balaban J connectivity index is 2.40. The quantitative estimate of drug-likeness (QED) is 0.649. The molecule has 0 aliphatic rings. The fourth-order valence-corrected chi connectivity index (χ4v) is 1.68. The van der Waals surface area contributed by atoms with Crippen LogP contribution < -0.4 is 10.1 Å². The molecule has 1 aromatic carbocycles. The van der Waals surface area contributed by atoms with Crippen LogP contribution in [0.1, 0.15) is 25.8 Å². The SMILES string of the molecule is COc1cccc(CNCCC(O)C(C)C)c1O. The van der Waals surface area contributed by atoms with E-state index in [1.807, 2.05) is 26.0 Å². The first-order valence-corrected chi connectivity index (χ1v) is 6.30. The van der Waals surface area contributed by atoms with E-state index in [0.717, 1.165) is 12.1 Å². The van der Waals surface area contributed by atoms with Crippen molar-refractivity contribution in [2.45, 2.75) is 32.9 Å². The molecule has 0 spiro atoms. The minimum atomic E-state index is -0.281. The third-order valence-corrected chi connectivity index (χ3v) is 3.00. The average molecular weight is 253 g/mol. The Kier molecular flexibility index (Phi) is 5.95. The molecule has 0 aliphatic carbocycles. The van der Waals surface area contributed by atoms with Crippen molar-refractivity contribution in [2.24, 2.45) is 5.92 Å². The van der Waals surface area contributed by atoms with Gasteiger partial charge < -0.3 is 20.3 Å². The van der Waals surface area contributed by atoms with Gasteiger partial charge in [0.05, 0.1) is 13.2 Å². The maximum absolute atomic E-state index is 9.87. The number of phenols is 1. The van der Waals surface area contributed by atoms with E-state index in [1.54, 1.807) is 6.07 Å². The molecule has 4 heteroatoms. The van der Waals surface area contributed by atoms with Crippen LogP contribution in [0.5, 0.6) is 11.5 Å². The molecule has 102 valence electrons. The minimum absolute atomic E-state index is 0.178. The van der Waals surface area contributed by atoms with Gasteiger partial charge in [0.15, 0.2) is 11.5 Å². The summed E-state index contributed by atoms with van der Waals surface area (Å²) in [5, 5.41) is 22.7. The Hall–Kier alpha value is -1.26. The van der Waals surface area contributed by atoms with Gasteiger partial charge >= 0.3 is 0 Å². The topological polar surface area (TPSA) is 61.7 Å². The second-order valence-electron chi connectivity index (χ2n) is 4.74. The predicted molar refractivity (Wildman–Crippen MR) is 71.8 cm³/mol. The van der Waals surface area contributed by atoms with E-state index in [0.29, 0.717) is 18.7 Å². The first-order chi connectivity index (χ1) is 8.56. The summed E-state index contributed by atoms with van der Waals surface area (Å²) in [5.41, 5.74) is 0.799. The van der Waals surface area contributed by atoms with Crippen LogP contribution in [0.3, 0.4) is 0 Å². The van der Waals surface area contributed by atoms with E-state index < -0.39 is 0 Å². The lowest BCUT2D eigenvalue weighted by Gasteiger charge is -2.15. The highest BCUT2D eigenvalue weighted by molar-refractivity contribution is 5.45. The van der Waals surface area contributed by atoms with Crippen molar-refractivity contribution in [3.05, 3.63) is 23.8 Å². The van der Waals surface area contributed by atoms with Gasteiger partial charge in [-0.15, -0.1) is 0 Å². The summed E-state index contributed by atoms with van der Waals surface area (Å²) in [5.74, 6) is 0.936. The zero-order chi connectivity index (χ0) is 13.5.